The van der Waals surface area contributed by atoms with Crippen LogP contribution >= 0.6 is 0 Å². The summed E-state index contributed by atoms with van der Waals surface area (Å²) in [6.07, 6.45) is 4.72. The van der Waals surface area contributed by atoms with Crippen molar-refractivity contribution in [3.8, 4) is 0 Å². The summed E-state index contributed by atoms with van der Waals surface area (Å²) in [7, 11) is 0. The van der Waals surface area contributed by atoms with Crippen LogP contribution in [0, 0.1) is 5.92 Å². The lowest BCUT2D eigenvalue weighted by Crippen LogP contribution is -2.35. The van der Waals surface area contributed by atoms with Crippen LogP contribution in [0.25, 0.3) is 0 Å². The van der Waals surface area contributed by atoms with Gasteiger partial charge in [0.2, 0.25) is 11.7 Å². The Morgan fingerprint density at radius 3 is 2.62 bits per heavy atom. The highest BCUT2D eigenvalue weighted by atomic mass is 16.5. The molecule has 0 amide bonds. The fourth-order valence-electron chi connectivity index (χ4n) is 3.13. The summed E-state index contributed by atoms with van der Waals surface area (Å²) >= 11 is 0. The van der Waals surface area contributed by atoms with Crippen molar-refractivity contribution in [1.29, 1.82) is 0 Å². The van der Waals surface area contributed by atoms with Gasteiger partial charge in [0.05, 0.1) is 5.92 Å². The van der Waals surface area contributed by atoms with Crippen molar-refractivity contribution in [3.05, 3.63) is 11.7 Å². The monoisotopic (exact) mass is 294 g/mol. The Morgan fingerprint density at radius 2 is 2.10 bits per heavy atom. The van der Waals surface area contributed by atoms with E-state index in [0.717, 1.165) is 25.7 Å². The zero-order chi connectivity index (χ0) is 15.5. The molecule has 0 radical (unpaired) electrons. The molecule has 1 aromatic rings. The number of Topliss-reactive ketones (excluding diaryl/α,β-unsaturated/α-hetero) is 1. The molecule has 0 aliphatic heterocycles. The first kappa shape index (κ1) is 16.1. The summed E-state index contributed by atoms with van der Waals surface area (Å²) < 4.78 is 11.4. The van der Waals surface area contributed by atoms with Gasteiger partial charge in [0.25, 0.3) is 0 Å². The average molecular weight is 294 g/mol. The molecule has 21 heavy (non-hydrogen) atoms. The molecule has 5 nitrogen and oxygen atoms in total. The maximum Gasteiger partial charge on any atom is 0.237 e. The Morgan fingerprint density at radius 1 is 1.43 bits per heavy atom. The minimum Gasteiger partial charge on any atom is -0.367 e. The number of aromatic nitrogens is 2. The Hall–Kier alpha value is -1.23. The van der Waals surface area contributed by atoms with Gasteiger partial charge in [-0.15, -0.1) is 0 Å². The first-order valence-corrected chi connectivity index (χ1v) is 8.01. The number of nitrogens with zero attached hydrogens (tertiary/aromatic N) is 2. The normalized spacial score (nSPS) is 27.5. The Labute approximate surface area is 126 Å². The molecule has 1 saturated carbocycles. The Balaban J connectivity index is 2.26. The van der Waals surface area contributed by atoms with E-state index in [2.05, 4.69) is 17.1 Å². The van der Waals surface area contributed by atoms with Gasteiger partial charge in [-0.05, 0) is 51.9 Å². The summed E-state index contributed by atoms with van der Waals surface area (Å²) in [6.45, 7) is 8.41. The third kappa shape index (κ3) is 3.34. The first-order chi connectivity index (χ1) is 10.0. The lowest BCUT2D eigenvalue weighted by Gasteiger charge is -2.36. The molecule has 2 rings (SSSR count). The van der Waals surface area contributed by atoms with Crippen LogP contribution in [0.2, 0.25) is 0 Å². The SMILES string of the molecule is CCOC1(c2noc(C(CC)C(C)=O)n2)CCC(C)CC1. The molecule has 1 aromatic heterocycles. The number of ether oxygens (including phenoxy) is 1. The van der Waals surface area contributed by atoms with E-state index in [1.54, 1.807) is 6.92 Å². The van der Waals surface area contributed by atoms with Crippen molar-refractivity contribution in [3.63, 3.8) is 0 Å². The van der Waals surface area contributed by atoms with Crippen molar-refractivity contribution >= 4 is 5.78 Å². The zero-order valence-corrected chi connectivity index (χ0v) is 13.5. The summed E-state index contributed by atoms with van der Waals surface area (Å²) in [5.41, 5.74) is -0.432. The molecule has 0 aromatic carbocycles. The first-order valence-electron chi connectivity index (χ1n) is 8.01. The quantitative estimate of drug-likeness (QED) is 0.802. The van der Waals surface area contributed by atoms with Crippen molar-refractivity contribution < 1.29 is 14.1 Å². The molecule has 0 bridgehead atoms. The van der Waals surface area contributed by atoms with E-state index in [1.165, 1.54) is 0 Å². The molecule has 0 spiro atoms. The van der Waals surface area contributed by atoms with E-state index in [4.69, 9.17) is 9.26 Å². The van der Waals surface area contributed by atoms with Crippen LogP contribution in [-0.4, -0.2) is 22.5 Å². The standard InChI is InChI=1S/C16H26N2O3/c1-5-13(12(4)19)14-17-15(18-21-14)16(20-6-2)9-7-11(3)8-10-16/h11,13H,5-10H2,1-4H3. The molecule has 1 atom stereocenters. The van der Waals surface area contributed by atoms with Crippen molar-refractivity contribution in [2.24, 2.45) is 5.92 Å². The third-order valence-corrected chi connectivity index (χ3v) is 4.55. The topological polar surface area (TPSA) is 65.2 Å². The zero-order valence-electron chi connectivity index (χ0n) is 13.5. The summed E-state index contributed by atoms with van der Waals surface area (Å²) in [4.78, 5) is 16.2. The van der Waals surface area contributed by atoms with Gasteiger partial charge in [-0.25, -0.2) is 0 Å². The van der Waals surface area contributed by atoms with E-state index in [1.807, 2.05) is 13.8 Å². The Bertz CT molecular complexity index is 476. The molecule has 5 heteroatoms. The van der Waals surface area contributed by atoms with Gasteiger partial charge in [-0.3, -0.25) is 4.79 Å². The number of hydrogen-bond donors (Lipinski definition) is 0. The fraction of sp³-hybridized carbons (Fsp3) is 0.812. The third-order valence-electron chi connectivity index (χ3n) is 4.55. The van der Waals surface area contributed by atoms with Crippen molar-refractivity contribution in [1.82, 2.24) is 10.1 Å². The second-order valence-electron chi connectivity index (χ2n) is 6.14. The van der Waals surface area contributed by atoms with Gasteiger partial charge >= 0.3 is 0 Å². The van der Waals surface area contributed by atoms with Crippen molar-refractivity contribution in [2.45, 2.75) is 71.3 Å². The number of hydrogen-bond acceptors (Lipinski definition) is 5. The minimum atomic E-state index is -0.432. The van der Waals surface area contributed by atoms with Gasteiger partial charge in [-0.1, -0.05) is 19.0 Å². The highest BCUT2D eigenvalue weighted by molar-refractivity contribution is 5.82. The molecule has 0 saturated heterocycles. The number of carbonyl (C=O) groups is 1. The highest BCUT2D eigenvalue weighted by Crippen LogP contribution is 2.41. The summed E-state index contributed by atoms with van der Waals surface area (Å²) in [5.74, 6) is 1.53. The highest BCUT2D eigenvalue weighted by Gasteiger charge is 2.41. The molecule has 1 unspecified atom stereocenters. The van der Waals surface area contributed by atoms with Crippen LogP contribution in [0.15, 0.2) is 4.52 Å². The van der Waals surface area contributed by atoms with Gasteiger partial charge < -0.3 is 9.26 Å². The maximum atomic E-state index is 11.7. The van der Waals surface area contributed by atoms with Gasteiger partial charge in [-0.2, -0.15) is 4.98 Å². The predicted molar refractivity (Wildman–Crippen MR) is 78.9 cm³/mol. The molecule has 1 fully saturated rings. The van der Waals surface area contributed by atoms with E-state index in [0.29, 0.717) is 30.7 Å². The second-order valence-corrected chi connectivity index (χ2v) is 6.14. The van der Waals surface area contributed by atoms with Crippen LogP contribution < -0.4 is 0 Å². The van der Waals surface area contributed by atoms with Crippen LogP contribution in [0.5, 0.6) is 0 Å². The largest absolute Gasteiger partial charge is 0.367 e. The lowest BCUT2D eigenvalue weighted by atomic mass is 9.79. The summed E-state index contributed by atoms with van der Waals surface area (Å²) in [5, 5.41) is 4.14. The van der Waals surface area contributed by atoms with Crippen LogP contribution in [-0.2, 0) is 15.1 Å². The predicted octanol–water partition coefficient (Wildman–Crippen LogP) is 3.59. The fourth-order valence-corrected chi connectivity index (χ4v) is 3.13. The van der Waals surface area contributed by atoms with E-state index >= 15 is 0 Å². The molecule has 1 aliphatic carbocycles. The molecule has 0 N–H and O–H groups in total. The number of rotatable bonds is 6. The van der Waals surface area contributed by atoms with Crippen LogP contribution in [0.3, 0.4) is 0 Å². The average Bonchev–Trinajstić information content (AvgIpc) is 2.92. The molecule has 118 valence electrons. The summed E-state index contributed by atoms with van der Waals surface area (Å²) in [6, 6.07) is 0. The second kappa shape index (κ2) is 6.69. The smallest absolute Gasteiger partial charge is 0.237 e. The number of carbonyl (C=O) groups excluding carboxylic acids is 1. The maximum absolute atomic E-state index is 11.7. The molecular formula is C16H26N2O3. The molecular weight excluding hydrogens is 268 g/mol. The van der Waals surface area contributed by atoms with Gasteiger partial charge in [0, 0.05) is 6.61 Å². The van der Waals surface area contributed by atoms with E-state index < -0.39 is 5.60 Å². The van der Waals surface area contributed by atoms with E-state index in [9.17, 15) is 4.79 Å². The molecule has 1 aliphatic rings. The van der Waals surface area contributed by atoms with Crippen LogP contribution in [0.1, 0.15) is 77.4 Å². The van der Waals surface area contributed by atoms with Gasteiger partial charge in [0.1, 0.15) is 11.4 Å². The van der Waals surface area contributed by atoms with Crippen molar-refractivity contribution in [2.75, 3.05) is 6.61 Å². The van der Waals surface area contributed by atoms with Gasteiger partial charge in [0.15, 0.2) is 0 Å². The van der Waals surface area contributed by atoms with Crippen LogP contribution in [0.4, 0.5) is 0 Å². The molecule has 1 heterocycles. The van der Waals surface area contributed by atoms with E-state index in [-0.39, 0.29) is 11.7 Å². The Kier molecular flexibility index (Phi) is 5.14. The minimum absolute atomic E-state index is 0.0652. The lowest BCUT2D eigenvalue weighted by molar-refractivity contribution is -0.119. The number of ketones is 1.